The lowest BCUT2D eigenvalue weighted by Gasteiger charge is -2.04. The third-order valence-electron chi connectivity index (χ3n) is 1.80. The van der Waals surface area contributed by atoms with Gasteiger partial charge in [0, 0.05) is 23.8 Å². The first kappa shape index (κ1) is 10.8. The van der Waals surface area contributed by atoms with Crippen LogP contribution in [-0.4, -0.2) is 12.8 Å². The van der Waals surface area contributed by atoms with E-state index in [1.807, 2.05) is 12.1 Å². The van der Waals surface area contributed by atoms with Crippen molar-refractivity contribution in [3.05, 3.63) is 41.1 Å². The standard InChI is InChI=1S/C11H12ClNO/c1-8(14)11(7-13-2)9-4-3-5-10(12)6-9/h3-7,13H,1-2H3/b11-7-. The third kappa shape index (κ3) is 2.60. The fourth-order valence-corrected chi connectivity index (χ4v) is 1.38. The zero-order valence-electron chi connectivity index (χ0n) is 8.17. The number of carbonyl (C=O) groups is 1. The first-order chi connectivity index (χ1) is 6.65. The van der Waals surface area contributed by atoms with Crippen molar-refractivity contribution in [3.63, 3.8) is 0 Å². The fourth-order valence-electron chi connectivity index (χ4n) is 1.19. The Morgan fingerprint density at radius 3 is 2.71 bits per heavy atom. The van der Waals surface area contributed by atoms with Crippen LogP contribution in [-0.2, 0) is 4.79 Å². The number of hydrogen-bond acceptors (Lipinski definition) is 2. The van der Waals surface area contributed by atoms with Gasteiger partial charge in [0.15, 0.2) is 5.78 Å². The summed E-state index contributed by atoms with van der Waals surface area (Å²) in [7, 11) is 1.76. The van der Waals surface area contributed by atoms with Crippen molar-refractivity contribution in [2.24, 2.45) is 0 Å². The minimum Gasteiger partial charge on any atom is -0.393 e. The molecule has 0 aliphatic heterocycles. The van der Waals surface area contributed by atoms with E-state index in [1.165, 1.54) is 6.92 Å². The normalized spacial score (nSPS) is 11.2. The van der Waals surface area contributed by atoms with Gasteiger partial charge in [0.25, 0.3) is 0 Å². The number of carbonyl (C=O) groups excluding carboxylic acids is 1. The molecule has 1 aromatic rings. The molecule has 14 heavy (non-hydrogen) atoms. The summed E-state index contributed by atoms with van der Waals surface area (Å²) < 4.78 is 0. The molecule has 0 atom stereocenters. The molecule has 3 heteroatoms. The Bertz CT molecular complexity index is 371. The van der Waals surface area contributed by atoms with Gasteiger partial charge in [0.1, 0.15) is 0 Å². The molecule has 2 nitrogen and oxygen atoms in total. The Kier molecular flexibility index (Phi) is 3.72. The molecule has 0 aliphatic carbocycles. The summed E-state index contributed by atoms with van der Waals surface area (Å²) in [5.41, 5.74) is 1.47. The van der Waals surface area contributed by atoms with E-state index in [4.69, 9.17) is 11.6 Å². The van der Waals surface area contributed by atoms with Crippen molar-refractivity contribution in [1.82, 2.24) is 5.32 Å². The number of rotatable bonds is 3. The predicted molar refractivity (Wildman–Crippen MR) is 59.2 cm³/mol. The molecule has 0 saturated carbocycles. The second-order valence-electron chi connectivity index (χ2n) is 2.91. The Labute approximate surface area is 88.6 Å². The van der Waals surface area contributed by atoms with E-state index in [-0.39, 0.29) is 5.78 Å². The molecule has 0 saturated heterocycles. The summed E-state index contributed by atoms with van der Waals surface area (Å²) in [5.74, 6) is 0.0154. The Balaban J connectivity index is 3.12. The number of allylic oxidation sites excluding steroid dienone is 1. The van der Waals surface area contributed by atoms with Crippen molar-refractivity contribution in [2.45, 2.75) is 6.92 Å². The van der Waals surface area contributed by atoms with E-state index in [9.17, 15) is 4.79 Å². The second kappa shape index (κ2) is 4.82. The number of benzene rings is 1. The minimum absolute atomic E-state index is 0.0154. The van der Waals surface area contributed by atoms with Gasteiger partial charge < -0.3 is 5.32 Å². The first-order valence-corrected chi connectivity index (χ1v) is 4.67. The minimum atomic E-state index is 0.0154. The molecule has 0 amide bonds. The van der Waals surface area contributed by atoms with E-state index in [0.717, 1.165) is 5.56 Å². The lowest BCUT2D eigenvalue weighted by molar-refractivity contribution is -0.111. The third-order valence-corrected chi connectivity index (χ3v) is 2.04. The quantitative estimate of drug-likeness (QED) is 0.775. The van der Waals surface area contributed by atoms with Crippen molar-refractivity contribution < 1.29 is 4.79 Å². The van der Waals surface area contributed by atoms with Crippen molar-refractivity contribution in [1.29, 1.82) is 0 Å². The van der Waals surface area contributed by atoms with E-state index >= 15 is 0 Å². The fraction of sp³-hybridized carbons (Fsp3) is 0.182. The van der Waals surface area contributed by atoms with Crippen LogP contribution in [0.5, 0.6) is 0 Å². The first-order valence-electron chi connectivity index (χ1n) is 4.29. The van der Waals surface area contributed by atoms with Crippen LogP contribution in [0.1, 0.15) is 12.5 Å². The molecule has 74 valence electrons. The summed E-state index contributed by atoms with van der Waals surface area (Å²) in [4.78, 5) is 11.3. The van der Waals surface area contributed by atoms with Crippen LogP contribution in [0.2, 0.25) is 5.02 Å². The number of Topliss-reactive ketones (excluding diaryl/α,β-unsaturated/α-hetero) is 1. The summed E-state index contributed by atoms with van der Waals surface area (Å²) in [6, 6.07) is 7.23. The van der Waals surface area contributed by atoms with Crippen molar-refractivity contribution in [2.75, 3.05) is 7.05 Å². The molecule has 0 heterocycles. The predicted octanol–water partition coefficient (Wildman–Crippen LogP) is 2.49. The molecule has 1 aromatic carbocycles. The van der Waals surface area contributed by atoms with Gasteiger partial charge >= 0.3 is 0 Å². The molecule has 0 aromatic heterocycles. The highest BCUT2D eigenvalue weighted by molar-refractivity contribution is 6.31. The van der Waals surface area contributed by atoms with E-state index < -0.39 is 0 Å². The van der Waals surface area contributed by atoms with Gasteiger partial charge in [-0.05, 0) is 24.6 Å². The van der Waals surface area contributed by atoms with E-state index in [2.05, 4.69) is 5.32 Å². The smallest absolute Gasteiger partial charge is 0.161 e. The Morgan fingerprint density at radius 2 is 2.21 bits per heavy atom. The zero-order valence-corrected chi connectivity index (χ0v) is 8.93. The van der Waals surface area contributed by atoms with Gasteiger partial charge in [0.2, 0.25) is 0 Å². The monoisotopic (exact) mass is 209 g/mol. The second-order valence-corrected chi connectivity index (χ2v) is 3.35. The molecule has 0 fully saturated rings. The lowest BCUT2D eigenvalue weighted by atomic mass is 10.0. The van der Waals surface area contributed by atoms with E-state index in [1.54, 1.807) is 25.4 Å². The number of halogens is 1. The average Bonchev–Trinajstić information content (AvgIpc) is 2.13. The molecule has 1 rings (SSSR count). The van der Waals surface area contributed by atoms with Gasteiger partial charge in [-0.3, -0.25) is 4.79 Å². The molecule has 0 spiro atoms. The van der Waals surface area contributed by atoms with Crippen molar-refractivity contribution >= 4 is 23.0 Å². The summed E-state index contributed by atoms with van der Waals surface area (Å²) in [5, 5.41) is 3.47. The van der Waals surface area contributed by atoms with Gasteiger partial charge in [-0.25, -0.2) is 0 Å². The van der Waals surface area contributed by atoms with Gasteiger partial charge in [-0.1, -0.05) is 23.7 Å². The molecular weight excluding hydrogens is 198 g/mol. The zero-order chi connectivity index (χ0) is 10.6. The van der Waals surface area contributed by atoms with Gasteiger partial charge in [-0.15, -0.1) is 0 Å². The highest BCUT2D eigenvalue weighted by Crippen LogP contribution is 2.18. The molecular formula is C11H12ClNO. The Morgan fingerprint density at radius 1 is 1.50 bits per heavy atom. The van der Waals surface area contributed by atoms with Crippen LogP contribution in [0, 0.1) is 0 Å². The van der Waals surface area contributed by atoms with Crippen LogP contribution >= 0.6 is 11.6 Å². The Hall–Kier alpha value is -1.28. The molecule has 0 unspecified atom stereocenters. The average molecular weight is 210 g/mol. The van der Waals surface area contributed by atoms with Gasteiger partial charge in [-0.2, -0.15) is 0 Å². The molecule has 1 N–H and O–H groups in total. The maximum atomic E-state index is 11.3. The van der Waals surface area contributed by atoms with E-state index in [0.29, 0.717) is 10.6 Å². The number of nitrogens with one attached hydrogen (secondary N) is 1. The molecule has 0 aliphatic rings. The SMILES string of the molecule is CN/C=C(/C(C)=O)c1cccc(Cl)c1. The number of ketones is 1. The molecule has 0 radical (unpaired) electrons. The highest BCUT2D eigenvalue weighted by Gasteiger charge is 2.06. The van der Waals surface area contributed by atoms with Crippen LogP contribution < -0.4 is 5.32 Å². The lowest BCUT2D eigenvalue weighted by Crippen LogP contribution is -2.02. The van der Waals surface area contributed by atoms with Gasteiger partial charge in [0.05, 0.1) is 0 Å². The largest absolute Gasteiger partial charge is 0.393 e. The van der Waals surface area contributed by atoms with Crippen LogP contribution in [0.25, 0.3) is 5.57 Å². The number of hydrogen-bond donors (Lipinski definition) is 1. The van der Waals surface area contributed by atoms with Crippen LogP contribution in [0.15, 0.2) is 30.5 Å². The highest BCUT2D eigenvalue weighted by atomic mass is 35.5. The summed E-state index contributed by atoms with van der Waals surface area (Å²) in [6.45, 7) is 1.53. The molecule has 0 bridgehead atoms. The maximum absolute atomic E-state index is 11.3. The summed E-state index contributed by atoms with van der Waals surface area (Å²) >= 11 is 5.83. The van der Waals surface area contributed by atoms with Crippen LogP contribution in [0.4, 0.5) is 0 Å². The maximum Gasteiger partial charge on any atom is 0.161 e. The van der Waals surface area contributed by atoms with Crippen molar-refractivity contribution in [3.8, 4) is 0 Å². The summed E-state index contributed by atoms with van der Waals surface area (Å²) in [6.07, 6.45) is 1.67. The topological polar surface area (TPSA) is 29.1 Å². The van der Waals surface area contributed by atoms with Crippen LogP contribution in [0.3, 0.4) is 0 Å².